The molecule has 4 rings (SSSR count). The summed E-state index contributed by atoms with van der Waals surface area (Å²) in [6, 6.07) is 10.2. The summed E-state index contributed by atoms with van der Waals surface area (Å²) >= 11 is 0. The van der Waals surface area contributed by atoms with Crippen LogP contribution in [0.3, 0.4) is 0 Å². The van der Waals surface area contributed by atoms with Gasteiger partial charge in [-0.2, -0.15) is 5.10 Å². The first-order chi connectivity index (χ1) is 15.1. The van der Waals surface area contributed by atoms with Gasteiger partial charge in [0.2, 0.25) is 0 Å². The van der Waals surface area contributed by atoms with E-state index in [0.717, 1.165) is 24.2 Å². The van der Waals surface area contributed by atoms with Gasteiger partial charge in [0, 0.05) is 18.5 Å². The standard InChI is InChI=1S/C23H22N4O4/c1-3-11-31-19-9-6-15(12-20(19)30-2)14-24-26-22(28)16-7-8-17-18(13-16)25-21-5-4-10-27(21)23(17)29/h3,6-9,12-14H,1,4-5,10-11H2,2H3,(H,26,28)/b24-14-. The highest BCUT2D eigenvalue weighted by molar-refractivity contribution is 5.98. The van der Waals surface area contributed by atoms with Crippen molar-refractivity contribution < 1.29 is 14.3 Å². The molecular formula is C23H22N4O4. The fraction of sp³-hybridized carbons (Fsp3) is 0.217. The first-order valence-corrected chi connectivity index (χ1v) is 9.89. The molecule has 1 amide bonds. The van der Waals surface area contributed by atoms with Crippen molar-refractivity contribution in [2.75, 3.05) is 13.7 Å². The van der Waals surface area contributed by atoms with E-state index in [9.17, 15) is 9.59 Å². The van der Waals surface area contributed by atoms with Gasteiger partial charge in [-0.05, 0) is 48.4 Å². The van der Waals surface area contributed by atoms with Crippen molar-refractivity contribution in [1.29, 1.82) is 0 Å². The number of nitrogens with one attached hydrogen (secondary N) is 1. The lowest BCUT2D eigenvalue weighted by molar-refractivity contribution is 0.0955. The highest BCUT2D eigenvalue weighted by atomic mass is 16.5. The molecule has 0 unspecified atom stereocenters. The second kappa shape index (κ2) is 8.83. The first-order valence-electron chi connectivity index (χ1n) is 9.89. The minimum absolute atomic E-state index is 0.0584. The second-order valence-electron chi connectivity index (χ2n) is 7.03. The average Bonchev–Trinajstić information content (AvgIpc) is 3.26. The third-order valence-corrected chi connectivity index (χ3v) is 5.00. The van der Waals surface area contributed by atoms with Gasteiger partial charge in [0.25, 0.3) is 11.5 Å². The molecule has 0 radical (unpaired) electrons. The van der Waals surface area contributed by atoms with Crippen LogP contribution in [0.2, 0.25) is 0 Å². The minimum atomic E-state index is -0.390. The number of hydrogen-bond donors (Lipinski definition) is 1. The maximum Gasteiger partial charge on any atom is 0.271 e. The SMILES string of the molecule is C=CCOc1ccc(/C=N\NC(=O)c2ccc3c(=O)n4c(nc3c2)CCC4)cc1OC. The number of carbonyl (C=O) groups is 1. The number of benzene rings is 2. The zero-order valence-corrected chi connectivity index (χ0v) is 17.1. The molecule has 0 aliphatic carbocycles. The molecule has 0 saturated heterocycles. The van der Waals surface area contributed by atoms with Crippen molar-refractivity contribution in [3.8, 4) is 11.5 Å². The van der Waals surface area contributed by atoms with Crippen LogP contribution in [0.15, 0.2) is 58.9 Å². The second-order valence-corrected chi connectivity index (χ2v) is 7.03. The van der Waals surface area contributed by atoms with Gasteiger partial charge in [0.05, 0.1) is 24.2 Å². The summed E-state index contributed by atoms with van der Waals surface area (Å²) in [5, 5.41) is 4.53. The van der Waals surface area contributed by atoms with Crippen molar-refractivity contribution in [2.45, 2.75) is 19.4 Å². The lowest BCUT2D eigenvalue weighted by atomic mass is 10.1. The van der Waals surface area contributed by atoms with Gasteiger partial charge in [-0.3, -0.25) is 14.2 Å². The Balaban J connectivity index is 1.49. The third kappa shape index (κ3) is 4.18. The van der Waals surface area contributed by atoms with Gasteiger partial charge < -0.3 is 9.47 Å². The number of aryl methyl sites for hydroxylation is 1. The summed E-state index contributed by atoms with van der Waals surface area (Å²) in [7, 11) is 1.55. The Kier molecular flexibility index (Phi) is 5.79. The van der Waals surface area contributed by atoms with E-state index in [4.69, 9.17) is 9.47 Å². The lowest BCUT2D eigenvalue weighted by Crippen LogP contribution is -2.22. The molecule has 2 heterocycles. The number of carbonyl (C=O) groups excluding carboxylic acids is 1. The molecule has 1 N–H and O–H groups in total. The van der Waals surface area contributed by atoms with Crippen LogP contribution in [-0.4, -0.2) is 35.4 Å². The number of nitrogens with zero attached hydrogens (tertiary/aromatic N) is 3. The number of fused-ring (bicyclic) bond motifs is 2. The smallest absolute Gasteiger partial charge is 0.271 e. The van der Waals surface area contributed by atoms with Crippen LogP contribution in [0.25, 0.3) is 10.9 Å². The molecule has 1 aliphatic heterocycles. The monoisotopic (exact) mass is 418 g/mol. The number of hydrogen-bond acceptors (Lipinski definition) is 6. The van der Waals surface area contributed by atoms with Crippen LogP contribution >= 0.6 is 0 Å². The Morgan fingerprint density at radius 3 is 2.97 bits per heavy atom. The van der Waals surface area contributed by atoms with Crippen molar-refractivity contribution in [1.82, 2.24) is 15.0 Å². The molecule has 2 aromatic carbocycles. The highest BCUT2D eigenvalue weighted by Crippen LogP contribution is 2.27. The molecule has 1 aliphatic rings. The molecule has 0 atom stereocenters. The molecule has 31 heavy (non-hydrogen) atoms. The Bertz CT molecular complexity index is 1250. The fourth-order valence-electron chi connectivity index (χ4n) is 3.49. The van der Waals surface area contributed by atoms with E-state index in [-0.39, 0.29) is 5.56 Å². The van der Waals surface area contributed by atoms with E-state index in [1.165, 1.54) is 6.21 Å². The summed E-state index contributed by atoms with van der Waals surface area (Å²) in [6.45, 7) is 4.68. The number of methoxy groups -OCH3 is 1. The average molecular weight is 418 g/mol. The number of amides is 1. The van der Waals surface area contributed by atoms with Gasteiger partial charge >= 0.3 is 0 Å². The maximum absolute atomic E-state index is 12.5. The number of ether oxygens (including phenoxy) is 2. The van der Waals surface area contributed by atoms with E-state index in [2.05, 4.69) is 22.1 Å². The summed E-state index contributed by atoms with van der Waals surface area (Å²) in [4.78, 5) is 29.6. The number of aromatic nitrogens is 2. The Morgan fingerprint density at radius 2 is 2.16 bits per heavy atom. The quantitative estimate of drug-likeness (QED) is 0.362. The molecule has 0 fully saturated rings. The zero-order valence-electron chi connectivity index (χ0n) is 17.1. The van der Waals surface area contributed by atoms with E-state index < -0.39 is 5.91 Å². The molecule has 0 bridgehead atoms. The lowest BCUT2D eigenvalue weighted by Gasteiger charge is -2.09. The maximum atomic E-state index is 12.5. The van der Waals surface area contributed by atoms with Crippen LogP contribution in [0.4, 0.5) is 0 Å². The zero-order chi connectivity index (χ0) is 21.8. The van der Waals surface area contributed by atoms with E-state index in [1.807, 2.05) is 0 Å². The molecule has 1 aromatic heterocycles. The Labute approximate surface area is 178 Å². The van der Waals surface area contributed by atoms with Crippen molar-refractivity contribution in [3.63, 3.8) is 0 Å². The Hall–Kier alpha value is -3.94. The molecule has 3 aromatic rings. The van der Waals surface area contributed by atoms with Crippen LogP contribution in [-0.2, 0) is 13.0 Å². The summed E-state index contributed by atoms with van der Waals surface area (Å²) in [5.41, 5.74) is 4.07. The van der Waals surface area contributed by atoms with Crippen molar-refractivity contribution in [3.05, 3.63) is 76.4 Å². The van der Waals surface area contributed by atoms with Crippen LogP contribution in [0.5, 0.6) is 11.5 Å². The highest BCUT2D eigenvalue weighted by Gasteiger charge is 2.17. The molecular weight excluding hydrogens is 396 g/mol. The number of rotatable bonds is 7. The number of hydrazone groups is 1. The summed E-state index contributed by atoms with van der Waals surface area (Å²) in [6.07, 6.45) is 4.84. The topological polar surface area (TPSA) is 94.8 Å². The predicted octanol–water partition coefficient (Wildman–Crippen LogP) is 2.68. The van der Waals surface area contributed by atoms with Crippen molar-refractivity contribution >= 4 is 23.0 Å². The predicted molar refractivity (Wildman–Crippen MR) is 118 cm³/mol. The van der Waals surface area contributed by atoms with Crippen LogP contribution in [0.1, 0.15) is 28.2 Å². The van der Waals surface area contributed by atoms with Gasteiger partial charge in [-0.25, -0.2) is 10.4 Å². The molecule has 8 nitrogen and oxygen atoms in total. The Morgan fingerprint density at radius 1 is 1.29 bits per heavy atom. The summed E-state index contributed by atoms with van der Waals surface area (Å²) < 4.78 is 12.5. The van der Waals surface area contributed by atoms with E-state index in [0.29, 0.717) is 41.1 Å². The summed E-state index contributed by atoms with van der Waals surface area (Å²) in [5.74, 6) is 1.52. The van der Waals surface area contributed by atoms with Crippen LogP contribution in [0, 0.1) is 0 Å². The van der Waals surface area contributed by atoms with Gasteiger partial charge in [-0.15, -0.1) is 0 Å². The molecule has 0 spiro atoms. The van der Waals surface area contributed by atoms with E-state index >= 15 is 0 Å². The molecule has 158 valence electrons. The fourth-order valence-corrected chi connectivity index (χ4v) is 3.49. The molecule has 0 saturated carbocycles. The largest absolute Gasteiger partial charge is 0.493 e. The normalized spacial score (nSPS) is 12.7. The first kappa shape index (κ1) is 20.3. The molecule has 8 heteroatoms. The van der Waals surface area contributed by atoms with Crippen molar-refractivity contribution in [2.24, 2.45) is 5.10 Å². The van der Waals surface area contributed by atoms with Gasteiger partial charge in [-0.1, -0.05) is 12.7 Å². The third-order valence-electron chi connectivity index (χ3n) is 5.00. The minimum Gasteiger partial charge on any atom is -0.493 e. The van der Waals surface area contributed by atoms with Crippen LogP contribution < -0.4 is 20.5 Å². The van der Waals surface area contributed by atoms with E-state index in [1.54, 1.807) is 54.2 Å². The van der Waals surface area contributed by atoms with Gasteiger partial charge in [0.15, 0.2) is 11.5 Å². The van der Waals surface area contributed by atoms with Gasteiger partial charge in [0.1, 0.15) is 12.4 Å².